The van der Waals surface area contributed by atoms with Gasteiger partial charge in [-0.15, -0.1) is 0 Å². The van der Waals surface area contributed by atoms with E-state index in [1.807, 2.05) is 18.3 Å². The molecule has 9 heteroatoms. The smallest absolute Gasteiger partial charge is 0.211 e. The standard InChI is InChI=1S/C12H16N6O2S/c1-21(19,20)17-7-5-16(6-8-17)11-9-12(14-10-13-11)18-4-2-3-15-18/h2-4,9-10H,5-8H2,1H3. The zero-order valence-electron chi connectivity index (χ0n) is 11.6. The monoisotopic (exact) mass is 308 g/mol. The summed E-state index contributed by atoms with van der Waals surface area (Å²) in [5.74, 6) is 1.47. The highest BCUT2D eigenvalue weighted by molar-refractivity contribution is 7.88. The topological polar surface area (TPSA) is 84.2 Å². The fourth-order valence-corrected chi connectivity index (χ4v) is 3.12. The fraction of sp³-hybridized carbons (Fsp3) is 0.417. The third-order valence-electron chi connectivity index (χ3n) is 3.41. The van der Waals surface area contributed by atoms with E-state index in [0.717, 1.165) is 5.82 Å². The van der Waals surface area contributed by atoms with Crippen molar-refractivity contribution < 1.29 is 8.42 Å². The zero-order chi connectivity index (χ0) is 14.9. The summed E-state index contributed by atoms with van der Waals surface area (Å²) in [4.78, 5) is 10.5. The maximum atomic E-state index is 11.5. The normalized spacial score (nSPS) is 17.1. The van der Waals surface area contributed by atoms with E-state index in [1.165, 1.54) is 16.9 Å². The number of hydrogen-bond acceptors (Lipinski definition) is 6. The van der Waals surface area contributed by atoms with Crippen LogP contribution in [0.15, 0.2) is 30.9 Å². The summed E-state index contributed by atoms with van der Waals surface area (Å²) >= 11 is 0. The molecule has 1 aliphatic rings. The average molecular weight is 308 g/mol. The molecule has 3 rings (SSSR count). The Balaban J connectivity index is 1.76. The van der Waals surface area contributed by atoms with Gasteiger partial charge in [-0.05, 0) is 6.07 Å². The number of anilines is 1. The SMILES string of the molecule is CS(=O)(=O)N1CCN(c2cc(-n3cccn3)ncn2)CC1. The van der Waals surface area contributed by atoms with Gasteiger partial charge < -0.3 is 4.90 Å². The van der Waals surface area contributed by atoms with Crippen molar-refractivity contribution >= 4 is 15.8 Å². The van der Waals surface area contributed by atoms with Gasteiger partial charge in [0.1, 0.15) is 12.1 Å². The largest absolute Gasteiger partial charge is 0.354 e. The van der Waals surface area contributed by atoms with Gasteiger partial charge in [-0.2, -0.15) is 9.40 Å². The van der Waals surface area contributed by atoms with E-state index in [0.29, 0.717) is 32.0 Å². The highest BCUT2D eigenvalue weighted by Crippen LogP contribution is 2.16. The molecule has 0 aliphatic carbocycles. The molecule has 0 unspecified atom stereocenters. The molecule has 8 nitrogen and oxygen atoms in total. The minimum absolute atomic E-state index is 0.472. The van der Waals surface area contributed by atoms with Crippen molar-refractivity contribution in [1.82, 2.24) is 24.1 Å². The molecule has 0 radical (unpaired) electrons. The first kappa shape index (κ1) is 14.0. The van der Waals surface area contributed by atoms with Crippen molar-refractivity contribution in [2.24, 2.45) is 0 Å². The summed E-state index contributed by atoms with van der Waals surface area (Å²) in [5, 5.41) is 4.14. The van der Waals surface area contributed by atoms with Gasteiger partial charge in [-0.1, -0.05) is 0 Å². The zero-order valence-corrected chi connectivity index (χ0v) is 12.4. The molecular formula is C12H16N6O2S. The van der Waals surface area contributed by atoms with Crippen LogP contribution in [0.5, 0.6) is 0 Å². The van der Waals surface area contributed by atoms with Gasteiger partial charge in [0.15, 0.2) is 5.82 Å². The van der Waals surface area contributed by atoms with E-state index < -0.39 is 10.0 Å². The molecule has 1 saturated heterocycles. The van der Waals surface area contributed by atoms with Gasteiger partial charge in [0.25, 0.3) is 0 Å². The summed E-state index contributed by atoms with van der Waals surface area (Å²) in [7, 11) is -3.12. The molecule has 3 heterocycles. The molecule has 21 heavy (non-hydrogen) atoms. The van der Waals surface area contributed by atoms with E-state index in [4.69, 9.17) is 0 Å². The number of sulfonamides is 1. The van der Waals surface area contributed by atoms with Crippen molar-refractivity contribution in [3.05, 3.63) is 30.9 Å². The molecule has 0 atom stereocenters. The third-order valence-corrected chi connectivity index (χ3v) is 4.71. The van der Waals surface area contributed by atoms with E-state index >= 15 is 0 Å². The Hall–Kier alpha value is -2.00. The minimum atomic E-state index is -3.12. The van der Waals surface area contributed by atoms with Gasteiger partial charge >= 0.3 is 0 Å². The molecule has 1 aliphatic heterocycles. The van der Waals surface area contributed by atoms with Gasteiger partial charge in [0, 0.05) is 44.6 Å². The Morgan fingerprint density at radius 1 is 1.10 bits per heavy atom. The van der Waals surface area contributed by atoms with E-state index in [2.05, 4.69) is 20.0 Å². The highest BCUT2D eigenvalue weighted by atomic mass is 32.2. The van der Waals surface area contributed by atoms with Crippen LogP contribution in [0.3, 0.4) is 0 Å². The summed E-state index contributed by atoms with van der Waals surface area (Å²) in [6.07, 6.45) is 6.23. The number of aromatic nitrogens is 4. The third kappa shape index (κ3) is 3.03. The predicted octanol–water partition coefficient (Wildman–Crippen LogP) is -0.256. The molecule has 0 spiro atoms. The van der Waals surface area contributed by atoms with Crippen molar-refractivity contribution in [2.45, 2.75) is 0 Å². The van der Waals surface area contributed by atoms with Gasteiger partial charge in [0.05, 0.1) is 6.26 Å². The highest BCUT2D eigenvalue weighted by Gasteiger charge is 2.24. The summed E-state index contributed by atoms with van der Waals surface area (Å²) < 4.78 is 26.2. The summed E-state index contributed by atoms with van der Waals surface area (Å²) in [5.41, 5.74) is 0. The Morgan fingerprint density at radius 2 is 1.81 bits per heavy atom. The van der Waals surface area contributed by atoms with Gasteiger partial charge in [-0.3, -0.25) is 0 Å². The maximum absolute atomic E-state index is 11.5. The van der Waals surface area contributed by atoms with E-state index in [-0.39, 0.29) is 0 Å². The molecule has 1 fully saturated rings. The molecule has 0 amide bonds. The Labute approximate surface area is 123 Å². The number of hydrogen-bond donors (Lipinski definition) is 0. The van der Waals surface area contributed by atoms with E-state index in [9.17, 15) is 8.42 Å². The fourth-order valence-electron chi connectivity index (χ4n) is 2.29. The molecule has 0 saturated carbocycles. The van der Waals surface area contributed by atoms with Gasteiger partial charge in [-0.25, -0.2) is 23.1 Å². The van der Waals surface area contributed by atoms with Crippen LogP contribution in [0.1, 0.15) is 0 Å². The Morgan fingerprint density at radius 3 is 2.43 bits per heavy atom. The average Bonchev–Trinajstić information content (AvgIpc) is 3.01. The molecular weight excluding hydrogens is 292 g/mol. The second kappa shape index (κ2) is 5.41. The second-order valence-electron chi connectivity index (χ2n) is 4.83. The molecule has 0 N–H and O–H groups in total. The second-order valence-corrected chi connectivity index (χ2v) is 6.82. The first-order chi connectivity index (χ1) is 10.0. The van der Waals surface area contributed by atoms with Crippen LogP contribution in [-0.4, -0.2) is 64.9 Å². The van der Waals surface area contributed by atoms with Crippen LogP contribution >= 0.6 is 0 Å². The molecule has 0 aromatic carbocycles. The van der Waals surface area contributed by atoms with E-state index in [1.54, 1.807) is 10.9 Å². The Kier molecular flexibility index (Phi) is 3.60. The van der Waals surface area contributed by atoms with Crippen LogP contribution in [-0.2, 0) is 10.0 Å². The van der Waals surface area contributed by atoms with Crippen LogP contribution in [0.4, 0.5) is 5.82 Å². The van der Waals surface area contributed by atoms with Crippen LogP contribution in [0, 0.1) is 0 Å². The lowest BCUT2D eigenvalue weighted by molar-refractivity contribution is 0.387. The number of piperazine rings is 1. The quantitative estimate of drug-likeness (QED) is 0.777. The predicted molar refractivity (Wildman–Crippen MR) is 77.8 cm³/mol. The number of nitrogens with zero attached hydrogens (tertiary/aromatic N) is 6. The maximum Gasteiger partial charge on any atom is 0.211 e. The van der Waals surface area contributed by atoms with Crippen molar-refractivity contribution in [3.63, 3.8) is 0 Å². The van der Waals surface area contributed by atoms with Crippen molar-refractivity contribution in [2.75, 3.05) is 37.3 Å². The van der Waals surface area contributed by atoms with Crippen LogP contribution in [0.2, 0.25) is 0 Å². The molecule has 2 aromatic heterocycles. The van der Waals surface area contributed by atoms with Gasteiger partial charge in [0.2, 0.25) is 10.0 Å². The molecule has 0 bridgehead atoms. The van der Waals surface area contributed by atoms with Crippen LogP contribution < -0.4 is 4.90 Å². The van der Waals surface area contributed by atoms with Crippen molar-refractivity contribution in [1.29, 1.82) is 0 Å². The number of rotatable bonds is 3. The first-order valence-electron chi connectivity index (χ1n) is 6.56. The lowest BCUT2D eigenvalue weighted by atomic mass is 10.3. The summed E-state index contributed by atoms with van der Waals surface area (Å²) in [6.45, 7) is 2.17. The lowest BCUT2D eigenvalue weighted by Crippen LogP contribution is -2.48. The van der Waals surface area contributed by atoms with Crippen molar-refractivity contribution in [3.8, 4) is 5.82 Å². The first-order valence-corrected chi connectivity index (χ1v) is 8.41. The minimum Gasteiger partial charge on any atom is -0.354 e. The Bertz CT molecular complexity index is 707. The molecule has 2 aromatic rings. The molecule has 112 valence electrons. The summed E-state index contributed by atoms with van der Waals surface area (Å²) in [6, 6.07) is 3.68. The lowest BCUT2D eigenvalue weighted by Gasteiger charge is -2.33. The van der Waals surface area contributed by atoms with Crippen LogP contribution in [0.25, 0.3) is 5.82 Å².